The summed E-state index contributed by atoms with van der Waals surface area (Å²) in [4.78, 5) is 34.4. The van der Waals surface area contributed by atoms with Crippen molar-refractivity contribution in [3.8, 4) is 5.75 Å². The average Bonchev–Trinajstić information content (AvgIpc) is 3.17. The minimum atomic E-state index is -0.644. The normalized spacial score (nSPS) is 13.0. The Labute approximate surface area is 159 Å². The maximum atomic E-state index is 12.1. The van der Waals surface area contributed by atoms with E-state index in [-0.39, 0.29) is 17.1 Å². The molecule has 0 fully saturated rings. The van der Waals surface area contributed by atoms with Gasteiger partial charge in [-0.2, -0.15) is 0 Å². The Hall–Kier alpha value is -3.74. The number of hydrogen-bond acceptors (Lipinski definition) is 6. The highest BCUT2D eigenvalue weighted by Crippen LogP contribution is 2.29. The molecule has 3 aromatic rings. The van der Waals surface area contributed by atoms with Gasteiger partial charge in [0.1, 0.15) is 11.3 Å². The Morgan fingerprint density at radius 3 is 2.79 bits per heavy atom. The second kappa shape index (κ2) is 7.11. The number of nitro groups is 1. The number of fused-ring (bicyclic) bond motifs is 3. The molecule has 0 aliphatic heterocycles. The maximum absolute atomic E-state index is 12.1. The Morgan fingerprint density at radius 1 is 1.14 bits per heavy atom. The van der Waals surface area contributed by atoms with Gasteiger partial charge >= 0.3 is 11.6 Å². The van der Waals surface area contributed by atoms with Crippen molar-refractivity contribution < 1.29 is 18.9 Å². The van der Waals surface area contributed by atoms with Gasteiger partial charge in [0, 0.05) is 35.2 Å². The van der Waals surface area contributed by atoms with Crippen LogP contribution in [0.3, 0.4) is 0 Å². The fourth-order valence-electron chi connectivity index (χ4n) is 3.38. The Morgan fingerprint density at radius 2 is 1.96 bits per heavy atom. The molecule has 0 radical (unpaired) electrons. The van der Waals surface area contributed by atoms with Gasteiger partial charge in [-0.25, -0.2) is 9.59 Å². The number of nitro benzene ring substituents is 1. The summed E-state index contributed by atoms with van der Waals surface area (Å²) in [7, 11) is 0. The quantitative estimate of drug-likeness (QED) is 0.171. The van der Waals surface area contributed by atoms with Gasteiger partial charge in [0.25, 0.3) is 5.69 Å². The van der Waals surface area contributed by atoms with Gasteiger partial charge in [-0.1, -0.05) is 12.1 Å². The molecule has 0 saturated carbocycles. The third-order valence-electron chi connectivity index (χ3n) is 4.66. The monoisotopic (exact) mass is 377 g/mol. The second-order valence-electron chi connectivity index (χ2n) is 6.46. The average molecular weight is 377 g/mol. The first-order valence-electron chi connectivity index (χ1n) is 8.74. The van der Waals surface area contributed by atoms with Crippen LogP contribution in [0.1, 0.15) is 23.1 Å². The molecule has 0 saturated heterocycles. The number of carbonyl (C=O) groups excluding carboxylic acids is 1. The summed E-state index contributed by atoms with van der Waals surface area (Å²) in [5.41, 5.74) is 2.23. The highest BCUT2D eigenvalue weighted by Gasteiger charge is 2.19. The molecular weight excluding hydrogens is 362 g/mol. The van der Waals surface area contributed by atoms with Crippen LogP contribution in [-0.2, 0) is 17.6 Å². The minimum absolute atomic E-state index is 0.0624. The number of benzene rings is 2. The molecule has 2 aromatic carbocycles. The van der Waals surface area contributed by atoms with Crippen molar-refractivity contribution in [2.24, 2.45) is 0 Å². The topological polar surface area (TPSA) is 99.6 Å². The van der Waals surface area contributed by atoms with Crippen LogP contribution in [0.2, 0.25) is 0 Å². The highest BCUT2D eigenvalue weighted by atomic mass is 16.6. The predicted molar refractivity (Wildman–Crippen MR) is 102 cm³/mol. The molecule has 0 N–H and O–H groups in total. The summed E-state index contributed by atoms with van der Waals surface area (Å²) in [6.45, 7) is 0. The largest absolute Gasteiger partial charge is 0.423 e. The SMILES string of the molecule is O=C(/C=C/c1cccc([N+](=O)[O-])c1)Oc1ccc2c3c(c(=O)oc2c1)CCC3. The summed E-state index contributed by atoms with van der Waals surface area (Å²) < 4.78 is 10.6. The summed E-state index contributed by atoms with van der Waals surface area (Å²) in [5, 5.41) is 11.7. The van der Waals surface area contributed by atoms with Crippen LogP contribution >= 0.6 is 0 Å². The third kappa shape index (κ3) is 3.42. The number of aryl methyl sites for hydroxylation is 1. The van der Waals surface area contributed by atoms with Gasteiger partial charge in [0.05, 0.1) is 4.92 Å². The summed E-state index contributed by atoms with van der Waals surface area (Å²) in [5.74, 6) is -0.392. The van der Waals surface area contributed by atoms with E-state index in [9.17, 15) is 19.7 Å². The number of esters is 1. The lowest BCUT2D eigenvalue weighted by molar-refractivity contribution is -0.384. The molecule has 7 nitrogen and oxygen atoms in total. The highest BCUT2D eigenvalue weighted by molar-refractivity contribution is 5.90. The first-order valence-corrected chi connectivity index (χ1v) is 8.74. The molecule has 0 bridgehead atoms. The van der Waals surface area contributed by atoms with E-state index in [2.05, 4.69) is 0 Å². The van der Waals surface area contributed by atoms with Gasteiger partial charge in [0.2, 0.25) is 0 Å². The van der Waals surface area contributed by atoms with Crippen LogP contribution in [-0.4, -0.2) is 10.9 Å². The van der Waals surface area contributed by atoms with Gasteiger partial charge in [-0.05, 0) is 48.6 Å². The Kier molecular flexibility index (Phi) is 4.49. The van der Waals surface area contributed by atoms with Crippen molar-refractivity contribution in [2.75, 3.05) is 0 Å². The minimum Gasteiger partial charge on any atom is -0.423 e. The standard InChI is InChI=1S/C21H15NO6/c23-20(10-7-13-3-1-4-14(11-13)22(25)26)27-15-8-9-17-16-5-2-6-18(16)21(24)28-19(17)12-15/h1,3-4,7-12H,2,5-6H2/b10-7+. The third-order valence-corrected chi connectivity index (χ3v) is 4.66. The molecule has 140 valence electrons. The zero-order valence-corrected chi connectivity index (χ0v) is 14.7. The van der Waals surface area contributed by atoms with E-state index in [0.717, 1.165) is 35.8 Å². The number of nitrogens with zero attached hydrogens (tertiary/aromatic N) is 1. The zero-order valence-electron chi connectivity index (χ0n) is 14.7. The van der Waals surface area contributed by atoms with Gasteiger partial charge in [0.15, 0.2) is 0 Å². The van der Waals surface area contributed by atoms with Crippen molar-refractivity contribution in [1.82, 2.24) is 0 Å². The van der Waals surface area contributed by atoms with Gasteiger partial charge in [-0.15, -0.1) is 0 Å². The number of rotatable bonds is 4. The Balaban J connectivity index is 1.54. The van der Waals surface area contributed by atoms with E-state index in [0.29, 0.717) is 11.1 Å². The fourth-order valence-corrected chi connectivity index (χ4v) is 3.38. The number of non-ortho nitro benzene ring substituents is 1. The molecule has 1 aromatic heterocycles. The zero-order chi connectivity index (χ0) is 19.7. The van der Waals surface area contributed by atoms with Crippen molar-refractivity contribution in [3.63, 3.8) is 0 Å². The van der Waals surface area contributed by atoms with E-state index in [1.165, 1.54) is 36.4 Å². The molecule has 7 heteroatoms. The van der Waals surface area contributed by atoms with Crippen molar-refractivity contribution in [1.29, 1.82) is 0 Å². The van der Waals surface area contributed by atoms with Gasteiger partial charge < -0.3 is 9.15 Å². The molecule has 0 atom stereocenters. The first-order chi connectivity index (χ1) is 13.5. The van der Waals surface area contributed by atoms with E-state index in [1.807, 2.05) is 0 Å². The molecule has 4 rings (SSSR count). The molecule has 1 aliphatic rings. The van der Waals surface area contributed by atoms with Crippen molar-refractivity contribution >= 4 is 28.7 Å². The van der Waals surface area contributed by atoms with Crippen molar-refractivity contribution in [2.45, 2.75) is 19.3 Å². The Bertz CT molecular complexity index is 1190. The van der Waals surface area contributed by atoms with E-state index in [1.54, 1.807) is 18.2 Å². The van der Waals surface area contributed by atoms with Crippen LogP contribution in [0.4, 0.5) is 5.69 Å². The van der Waals surface area contributed by atoms with Crippen LogP contribution in [0.15, 0.2) is 57.8 Å². The molecule has 28 heavy (non-hydrogen) atoms. The van der Waals surface area contributed by atoms with Crippen LogP contribution in [0.5, 0.6) is 5.75 Å². The number of carbonyl (C=O) groups is 1. The fraction of sp³-hybridized carbons (Fsp3) is 0.143. The number of hydrogen-bond donors (Lipinski definition) is 0. The van der Waals surface area contributed by atoms with E-state index < -0.39 is 10.9 Å². The molecule has 1 aliphatic carbocycles. The lowest BCUT2D eigenvalue weighted by atomic mass is 10.1. The van der Waals surface area contributed by atoms with Crippen LogP contribution in [0.25, 0.3) is 17.0 Å². The van der Waals surface area contributed by atoms with Crippen LogP contribution < -0.4 is 10.4 Å². The molecule has 0 spiro atoms. The van der Waals surface area contributed by atoms with Gasteiger partial charge in [-0.3, -0.25) is 10.1 Å². The maximum Gasteiger partial charge on any atom is 0.339 e. The van der Waals surface area contributed by atoms with Crippen LogP contribution in [0, 0.1) is 10.1 Å². The lowest BCUT2D eigenvalue weighted by Crippen LogP contribution is -2.07. The molecular formula is C21H15NO6. The summed E-state index contributed by atoms with van der Waals surface area (Å²) in [6.07, 6.45) is 5.11. The first kappa shape index (κ1) is 17.7. The predicted octanol–water partition coefficient (Wildman–Crippen LogP) is 3.81. The molecule has 0 unspecified atom stereocenters. The smallest absolute Gasteiger partial charge is 0.339 e. The summed E-state index contributed by atoms with van der Waals surface area (Å²) in [6, 6.07) is 10.9. The summed E-state index contributed by atoms with van der Waals surface area (Å²) >= 11 is 0. The lowest BCUT2D eigenvalue weighted by Gasteiger charge is -2.06. The second-order valence-corrected chi connectivity index (χ2v) is 6.46. The molecule has 0 amide bonds. The molecule has 1 heterocycles. The number of ether oxygens (including phenoxy) is 1. The van der Waals surface area contributed by atoms with E-state index in [4.69, 9.17) is 9.15 Å². The van der Waals surface area contributed by atoms with E-state index >= 15 is 0 Å². The van der Waals surface area contributed by atoms with Crippen molar-refractivity contribution in [3.05, 3.63) is 85.8 Å².